The van der Waals surface area contributed by atoms with Gasteiger partial charge in [0.15, 0.2) is 0 Å². The van der Waals surface area contributed by atoms with Gasteiger partial charge in [0, 0.05) is 30.2 Å². The zero-order chi connectivity index (χ0) is 15.7. The van der Waals surface area contributed by atoms with E-state index in [0.29, 0.717) is 6.04 Å². The molecule has 0 saturated carbocycles. The first-order valence-electron chi connectivity index (χ1n) is 8.41. The normalized spacial score (nSPS) is 19.2. The molecule has 2 aromatic heterocycles. The molecule has 0 radical (unpaired) electrons. The lowest BCUT2D eigenvalue weighted by Crippen LogP contribution is -2.27. The molecule has 3 nitrogen and oxygen atoms in total. The minimum absolute atomic E-state index is 0.552. The van der Waals surface area contributed by atoms with Gasteiger partial charge in [-0.3, -0.25) is 4.90 Å². The first kappa shape index (κ1) is 15.3. The van der Waals surface area contributed by atoms with Crippen LogP contribution in [0, 0.1) is 19.8 Å². The van der Waals surface area contributed by atoms with Crippen molar-refractivity contribution < 1.29 is 0 Å². The number of aromatic nitrogens is 2. The van der Waals surface area contributed by atoms with E-state index in [1.165, 1.54) is 42.9 Å². The summed E-state index contributed by atoms with van der Waals surface area (Å²) < 4.78 is 2.21. The quantitative estimate of drug-likeness (QED) is 0.839. The minimum Gasteiger partial charge on any atom is -0.303 e. The summed E-state index contributed by atoms with van der Waals surface area (Å²) in [5.41, 5.74) is 3.84. The summed E-state index contributed by atoms with van der Waals surface area (Å²) in [5, 5.41) is 0. The maximum absolute atomic E-state index is 4.74. The van der Waals surface area contributed by atoms with Gasteiger partial charge in [-0.2, -0.15) is 0 Å². The highest BCUT2D eigenvalue weighted by molar-refractivity contribution is 5.33. The highest BCUT2D eigenvalue weighted by Crippen LogP contribution is 2.32. The molecule has 118 valence electrons. The molecule has 3 heteroatoms. The predicted octanol–water partition coefficient (Wildman–Crippen LogP) is 4.28. The van der Waals surface area contributed by atoms with Gasteiger partial charge in [0.2, 0.25) is 0 Å². The lowest BCUT2D eigenvalue weighted by atomic mass is 10.1. The van der Waals surface area contributed by atoms with E-state index in [1.54, 1.807) is 0 Å². The van der Waals surface area contributed by atoms with Gasteiger partial charge in [-0.05, 0) is 62.9 Å². The highest BCUT2D eigenvalue weighted by atomic mass is 15.2. The summed E-state index contributed by atoms with van der Waals surface area (Å²) in [6.45, 7) is 11.3. The van der Waals surface area contributed by atoms with Crippen molar-refractivity contribution in [2.24, 2.45) is 5.92 Å². The van der Waals surface area contributed by atoms with E-state index >= 15 is 0 Å². The Kier molecular flexibility index (Phi) is 4.34. The molecule has 3 heterocycles. The Morgan fingerprint density at radius 1 is 1.14 bits per heavy atom. The van der Waals surface area contributed by atoms with E-state index in [4.69, 9.17) is 4.98 Å². The Morgan fingerprint density at radius 2 is 1.86 bits per heavy atom. The lowest BCUT2D eigenvalue weighted by molar-refractivity contribution is 0.228. The first-order valence-corrected chi connectivity index (χ1v) is 8.41. The van der Waals surface area contributed by atoms with Gasteiger partial charge in [-0.15, -0.1) is 0 Å². The SMILES string of the molecule is Cc1ccc(C)n1-c1ccc(C2CCCN2CC(C)C)cn1. The van der Waals surface area contributed by atoms with Gasteiger partial charge in [-0.25, -0.2) is 4.98 Å². The van der Waals surface area contributed by atoms with E-state index in [9.17, 15) is 0 Å². The molecule has 0 aliphatic carbocycles. The average Bonchev–Trinajstić information content (AvgIpc) is 3.06. The van der Waals surface area contributed by atoms with Crippen LogP contribution in [0.4, 0.5) is 0 Å². The number of hydrogen-bond donors (Lipinski definition) is 0. The number of rotatable bonds is 4. The molecule has 1 unspecified atom stereocenters. The molecule has 3 rings (SSSR count). The summed E-state index contributed by atoms with van der Waals surface area (Å²) in [7, 11) is 0. The van der Waals surface area contributed by atoms with Crippen LogP contribution in [0.25, 0.3) is 5.82 Å². The van der Waals surface area contributed by atoms with Crippen molar-refractivity contribution in [1.82, 2.24) is 14.5 Å². The maximum atomic E-state index is 4.74. The van der Waals surface area contributed by atoms with Gasteiger partial charge in [0.05, 0.1) is 0 Å². The first-order chi connectivity index (χ1) is 10.6. The molecule has 0 amide bonds. The summed E-state index contributed by atoms with van der Waals surface area (Å²) in [5.74, 6) is 1.75. The molecule has 0 bridgehead atoms. The van der Waals surface area contributed by atoms with Crippen molar-refractivity contribution in [2.45, 2.75) is 46.6 Å². The molecule has 1 aliphatic heterocycles. The molecule has 1 atom stereocenters. The third kappa shape index (κ3) is 2.95. The topological polar surface area (TPSA) is 21.1 Å². The van der Waals surface area contributed by atoms with E-state index in [0.717, 1.165) is 11.7 Å². The fourth-order valence-electron chi connectivity index (χ4n) is 3.65. The summed E-state index contributed by atoms with van der Waals surface area (Å²) in [4.78, 5) is 7.36. The van der Waals surface area contributed by atoms with E-state index < -0.39 is 0 Å². The van der Waals surface area contributed by atoms with Crippen LogP contribution in [-0.4, -0.2) is 27.5 Å². The number of aryl methyl sites for hydroxylation is 2. The van der Waals surface area contributed by atoms with E-state index in [1.807, 2.05) is 0 Å². The van der Waals surface area contributed by atoms with Crippen molar-refractivity contribution in [2.75, 3.05) is 13.1 Å². The molecule has 1 fully saturated rings. The van der Waals surface area contributed by atoms with E-state index in [2.05, 4.69) is 67.6 Å². The van der Waals surface area contributed by atoms with Crippen LogP contribution in [0.5, 0.6) is 0 Å². The summed E-state index contributed by atoms with van der Waals surface area (Å²) in [6, 6.07) is 9.28. The lowest BCUT2D eigenvalue weighted by Gasteiger charge is -2.26. The van der Waals surface area contributed by atoms with Crippen molar-refractivity contribution in [3.63, 3.8) is 0 Å². The Labute approximate surface area is 134 Å². The van der Waals surface area contributed by atoms with Gasteiger partial charge in [-0.1, -0.05) is 19.9 Å². The Balaban J connectivity index is 1.82. The Morgan fingerprint density at radius 3 is 2.45 bits per heavy atom. The largest absolute Gasteiger partial charge is 0.303 e. The fraction of sp³-hybridized carbons (Fsp3) is 0.526. The molecule has 2 aromatic rings. The van der Waals surface area contributed by atoms with Gasteiger partial charge >= 0.3 is 0 Å². The summed E-state index contributed by atoms with van der Waals surface area (Å²) in [6.07, 6.45) is 4.64. The third-order valence-corrected chi connectivity index (χ3v) is 4.62. The van der Waals surface area contributed by atoms with Crippen molar-refractivity contribution in [3.8, 4) is 5.82 Å². The zero-order valence-electron chi connectivity index (χ0n) is 14.2. The van der Waals surface area contributed by atoms with Crippen molar-refractivity contribution >= 4 is 0 Å². The van der Waals surface area contributed by atoms with E-state index in [-0.39, 0.29) is 0 Å². The van der Waals surface area contributed by atoms with Crippen LogP contribution < -0.4 is 0 Å². The molecule has 1 saturated heterocycles. The monoisotopic (exact) mass is 297 g/mol. The van der Waals surface area contributed by atoms with Crippen LogP contribution in [-0.2, 0) is 0 Å². The number of hydrogen-bond acceptors (Lipinski definition) is 2. The molecule has 1 aliphatic rings. The van der Waals surface area contributed by atoms with Crippen LogP contribution >= 0.6 is 0 Å². The maximum Gasteiger partial charge on any atom is 0.136 e. The van der Waals surface area contributed by atoms with Gasteiger partial charge < -0.3 is 4.57 Å². The van der Waals surface area contributed by atoms with Crippen molar-refractivity contribution in [3.05, 3.63) is 47.4 Å². The van der Waals surface area contributed by atoms with Crippen LogP contribution in [0.15, 0.2) is 30.5 Å². The molecule has 0 N–H and O–H groups in total. The molecular formula is C19H27N3. The second-order valence-electron chi connectivity index (χ2n) is 6.95. The third-order valence-electron chi connectivity index (χ3n) is 4.62. The molecule has 0 aromatic carbocycles. The number of pyridine rings is 1. The molecule has 0 spiro atoms. The van der Waals surface area contributed by atoms with Crippen LogP contribution in [0.2, 0.25) is 0 Å². The predicted molar refractivity (Wildman–Crippen MR) is 91.4 cm³/mol. The Hall–Kier alpha value is -1.61. The summed E-state index contributed by atoms with van der Waals surface area (Å²) >= 11 is 0. The highest BCUT2D eigenvalue weighted by Gasteiger charge is 2.26. The second kappa shape index (κ2) is 6.25. The Bertz CT molecular complexity index is 605. The smallest absolute Gasteiger partial charge is 0.136 e. The standard InChI is InChI=1S/C19H27N3/c1-14(2)13-21-11-5-6-18(21)17-9-10-19(20-12-17)22-15(3)7-8-16(22)4/h7-10,12,14,18H,5-6,11,13H2,1-4H3. The van der Waals surface area contributed by atoms with Gasteiger partial charge in [0.1, 0.15) is 5.82 Å². The van der Waals surface area contributed by atoms with Crippen LogP contribution in [0.3, 0.4) is 0 Å². The fourth-order valence-corrected chi connectivity index (χ4v) is 3.65. The second-order valence-corrected chi connectivity index (χ2v) is 6.95. The number of likely N-dealkylation sites (tertiary alicyclic amines) is 1. The molecule has 22 heavy (non-hydrogen) atoms. The zero-order valence-corrected chi connectivity index (χ0v) is 14.2. The van der Waals surface area contributed by atoms with Gasteiger partial charge in [0.25, 0.3) is 0 Å². The van der Waals surface area contributed by atoms with Crippen molar-refractivity contribution in [1.29, 1.82) is 0 Å². The van der Waals surface area contributed by atoms with Crippen LogP contribution in [0.1, 0.15) is 49.7 Å². The minimum atomic E-state index is 0.552. The molecular weight excluding hydrogens is 270 g/mol. The number of nitrogens with zero attached hydrogens (tertiary/aromatic N) is 3. The average molecular weight is 297 g/mol.